The van der Waals surface area contributed by atoms with Gasteiger partial charge in [-0.15, -0.1) is 0 Å². The van der Waals surface area contributed by atoms with E-state index in [1.165, 1.54) is 44.9 Å². The minimum absolute atomic E-state index is 0.0333. The third-order valence-electron chi connectivity index (χ3n) is 10.3. The molecule has 4 nitrogen and oxygen atoms in total. The van der Waals surface area contributed by atoms with Crippen LogP contribution in [-0.4, -0.2) is 42.6 Å². The molecule has 1 radical (unpaired) electrons. The van der Waals surface area contributed by atoms with Crippen molar-refractivity contribution in [3.05, 3.63) is 11.6 Å². The highest BCUT2D eigenvalue weighted by Gasteiger charge is 2.62. The molecule has 3 saturated carbocycles. The average Bonchev–Trinajstić information content (AvgIpc) is 3.12. The maximum atomic E-state index is 12.0. The number of carbonyl (C=O) groups excluding carboxylic acids is 1. The highest BCUT2D eigenvalue weighted by Crippen LogP contribution is 2.66. The van der Waals surface area contributed by atoms with Crippen LogP contribution in [0.25, 0.3) is 0 Å². The molecule has 0 aromatic heterocycles. The Balaban J connectivity index is 1.68. The van der Waals surface area contributed by atoms with Gasteiger partial charge in [-0.3, -0.25) is 4.79 Å². The van der Waals surface area contributed by atoms with E-state index >= 15 is 0 Å². The van der Waals surface area contributed by atoms with E-state index < -0.39 is 17.4 Å². The minimum atomic E-state index is -1.66. The second-order valence-corrected chi connectivity index (χ2v) is 21.4. The van der Waals surface area contributed by atoms with Crippen LogP contribution in [0.4, 0.5) is 0 Å². The summed E-state index contributed by atoms with van der Waals surface area (Å²) in [5, 5.41) is 0. The number of hydrogen-bond donors (Lipinski definition) is 0. The van der Waals surface area contributed by atoms with Crippen molar-refractivity contribution in [1.82, 2.24) is 0 Å². The van der Waals surface area contributed by atoms with Gasteiger partial charge in [-0.2, -0.15) is 0 Å². The molecule has 0 aromatic carbocycles. The summed E-state index contributed by atoms with van der Waals surface area (Å²) in [7, 11) is -2.41. The normalized spacial score (nSPS) is 38.7. The summed E-state index contributed by atoms with van der Waals surface area (Å²) in [5.74, 6) is 2.47. The third-order valence-corrected chi connectivity index (χ3v) is 12.1. The summed E-state index contributed by atoms with van der Waals surface area (Å²) in [4.78, 5) is 12.0. The van der Waals surface area contributed by atoms with Gasteiger partial charge in [-0.1, -0.05) is 32.4 Å². The molecule has 0 heterocycles. The molecule has 1 unspecified atom stereocenters. The predicted molar refractivity (Wildman–Crippen MR) is 152 cm³/mol. The van der Waals surface area contributed by atoms with E-state index in [-0.39, 0.29) is 16.8 Å². The molecule has 4 aliphatic rings. The summed E-state index contributed by atoms with van der Waals surface area (Å²) in [5.41, 5.74) is 2.11. The van der Waals surface area contributed by atoms with E-state index in [1.54, 1.807) is 12.5 Å². The van der Waals surface area contributed by atoms with Crippen molar-refractivity contribution >= 4 is 23.3 Å². The second kappa shape index (κ2) is 10.3. The first kappa shape index (κ1) is 28.6. The fourth-order valence-corrected chi connectivity index (χ4v) is 10.4. The lowest BCUT2D eigenvalue weighted by atomic mass is 9.46. The lowest BCUT2D eigenvalue weighted by molar-refractivity contribution is -0.151. The summed E-state index contributed by atoms with van der Waals surface area (Å²) >= 11 is 0. The number of esters is 1. The van der Waals surface area contributed by atoms with Gasteiger partial charge < -0.3 is 13.6 Å². The van der Waals surface area contributed by atoms with Gasteiger partial charge in [0.25, 0.3) is 0 Å². The Morgan fingerprint density at radius 2 is 1.78 bits per heavy atom. The maximum absolute atomic E-state index is 12.0. The average molecular weight is 534 g/mol. The Labute approximate surface area is 224 Å². The second-order valence-electron chi connectivity index (χ2n) is 14.8. The van der Waals surface area contributed by atoms with E-state index in [9.17, 15) is 4.79 Å². The van der Waals surface area contributed by atoms with Crippen LogP contribution in [0.1, 0.15) is 79.1 Å². The largest absolute Gasteiger partial charge is 0.465 e. The number of hydrogen-bond acceptors (Lipinski definition) is 4. The first-order chi connectivity index (χ1) is 16.7. The zero-order chi connectivity index (χ0) is 26.5. The molecule has 0 saturated heterocycles. The van der Waals surface area contributed by atoms with E-state index in [1.807, 2.05) is 0 Å². The summed E-state index contributed by atoms with van der Waals surface area (Å²) in [6.45, 7) is 21.8. The van der Waals surface area contributed by atoms with Crippen molar-refractivity contribution in [2.75, 3.05) is 13.2 Å². The minimum Gasteiger partial charge on any atom is -0.465 e. The van der Waals surface area contributed by atoms with Crippen LogP contribution in [0.3, 0.4) is 0 Å². The smallest absolute Gasteiger partial charge is 0.302 e. The predicted octanol–water partition coefficient (Wildman–Crippen LogP) is 7.62. The SMILES string of the molecule is CC(=O)OC[C@]12CCC(C(C)(C)C)CC1=CC[C@@H]1[C@@H]2CC[C@]2(CO[Si](C)C)[C@@H](O[Si](C)(C)C)CC[C@@H]12. The van der Waals surface area contributed by atoms with Crippen LogP contribution in [0.2, 0.25) is 32.7 Å². The lowest BCUT2D eigenvalue weighted by Gasteiger charge is -2.60. The van der Waals surface area contributed by atoms with E-state index in [0.717, 1.165) is 13.0 Å². The van der Waals surface area contributed by atoms with Gasteiger partial charge in [0, 0.05) is 24.4 Å². The molecule has 0 amide bonds. The van der Waals surface area contributed by atoms with Crippen molar-refractivity contribution < 1.29 is 18.4 Å². The lowest BCUT2D eigenvalue weighted by Crippen LogP contribution is -2.57. The van der Waals surface area contributed by atoms with Crippen molar-refractivity contribution in [3.63, 3.8) is 0 Å². The van der Waals surface area contributed by atoms with Crippen LogP contribution in [0.15, 0.2) is 11.6 Å². The quantitative estimate of drug-likeness (QED) is 0.192. The van der Waals surface area contributed by atoms with Crippen molar-refractivity contribution in [3.8, 4) is 0 Å². The van der Waals surface area contributed by atoms with Gasteiger partial charge in [0.05, 0.1) is 6.10 Å². The van der Waals surface area contributed by atoms with Crippen LogP contribution in [0.5, 0.6) is 0 Å². The first-order valence-corrected chi connectivity index (χ1v) is 20.4. The van der Waals surface area contributed by atoms with Gasteiger partial charge in [0.1, 0.15) is 6.61 Å². The van der Waals surface area contributed by atoms with Crippen LogP contribution in [-0.2, 0) is 18.4 Å². The fourth-order valence-electron chi connectivity index (χ4n) is 8.61. The zero-order valence-corrected chi connectivity index (χ0v) is 26.7. The van der Waals surface area contributed by atoms with Gasteiger partial charge in [0.2, 0.25) is 9.04 Å². The van der Waals surface area contributed by atoms with E-state index in [2.05, 4.69) is 59.6 Å². The molecule has 0 spiro atoms. The topological polar surface area (TPSA) is 44.8 Å². The molecule has 4 rings (SSSR count). The number of rotatable bonds is 7. The van der Waals surface area contributed by atoms with Gasteiger partial charge in [-0.25, -0.2) is 0 Å². The van der Waals surface area contributed by atoms with Crippen molar-refractivity contribution in [2.24, 2.45) is 39.9 Å². The van der Waals surface area contributed by atoms with Crippen LogP contribution < -0.4 is 0 Å². The highest BCUT2D eigenvalue weighted by molar-refractivity contribution is 6.69. The van der Waals surface area contributed by atoms with Crippen molar-refractivity contribution in [2.45, 2.75) is 118 Å². The molecule has 0 N–H and O–H groups in total. The van der Waals surface area contributed by atoms with Crippen LogP contribution in [0, 0.1) is 39.9 Å². The Morgan fingerprint density at radius 3 is 2.39 bits per heavy atom. The maximum Gasteiger partial charge on any atom is 0.302 e. The molecular weight excluding hydrogens is 480 g/mol. The van der Waals surface area contributed by atoms with Gasteiger partial charge >= 0.3 is 5.97 Å². The van der Waals surface area contributed by atoms with Crippen LogP contribution >= 0.6 is 0 Å². The number of ether oxygens (including phenoxy) is 1. The third kappa shape index (κ3) is 5.48. The van der Waals surface area contributed by atoms with Crippen molar-refractivity contribution in [1.29, 1.82) is 0 Å². The Morgan fingerprint density at radius 1 is 1.06 bits per heavy atom. The number of carbonyl (C=O) groups is 1. The zero-order valence-electron chi connectivity index (χ0n) is 24.7. The fraction of sp³-hybridized carbons (Fsp3) is 0.900. The van der Waals surface area contributed by atoms with Gasteiger partial charge in [-0.05, 0) is 113 Å². The van der Waals surface area contributed by atoms with Gasteiger partial charge in [0.15, 0.2) is 8.32 Å². The summed E-state index contributed by atoms with van der Waals surface area (Å²) in [6.07, 6.45) is 12.5. The molecule has 205 valence electrons. The first-order valence-electron chi connectivity index (χ1n) is 14.6. The molecule has 36 heavy (non-hydrogen) atoms. The summed E-state index contributed by atoms with van der Waals surface area (Å²) < 4.78 is 19.4. The Kier molecular flexibility index (Phi) is 8.15. The highest BCUT2D eigenvalue weighted by atomic mass is 28.4. The number of fused-ring (bicyclic) bond motifs is 5. The van der Waals surface area contributed by atoms with E-state index in [4.69, 9.17) is 13.6 Å². The number of allylic oxidation sites excluding steroid dienone is 1. The Bertz CT molecular complexity index is 841. The Hall–Kier alpha value is -0.436. The molecule has 7 atom stereocenters. The molecular formula is C30H53O4Si2. The summed E-state index contributed by atoms with van der Waals surface area (Å²) in [6, 6.07) is 0. The molecule has 0 bridgehead atoms. The molecule has 4 aliphatic carbocycles. The molecule has 6 heteroatoms. The molecule has 0 aromatic rings. The molecule has 0 aliphatic heterocycles. The van der Waals surface area contributed by atoms with E-state index in [0.29, 0.717) is 41.8 Å². The molecule has 3 fully saturated rings. The monoisotopic (exact) mass is 533 g/mol. The standard InChI is InChI=1S/C30H53O4Si2/c1-21(31)32-19-29-16-14-22(28(2,3)4)18-23(29)10-11-24-25-12-13-27(34-36(7,8)9)30(25,17-15-26(24)29)20-33-35(5)6/h10,22,24-27H,11-20H2,1-9H3/t22?,24-,25-,26-,27-,29+,30+/m0/s1.